The zero-order valence-electron chi connectivity index (χ0n) is 19.0. The summed E-state index contributed by atoms with van der Waals surface area (Å²) in [4.78, 5) is 15.2. The summed E-state index contributed by atoms with van der Waals surface area (Å²) in [6.45, 7) is 3.20. The third kappa shape index (κ3) is 4.35. The largest absolute Gasteiger partial charge is 0.355 e. The Morgan fingerprint density at radius 3 is 2.24 bits per heavy atom. The lowest BCUT2D eigenvalue weighted by Gasteiger charge is -2.33. The average Bonchev–Trinajstić information content (AvgIpc) is 3.15. The minimum atomic E-state index is -3.63. The van der Waals surface area contributed by atoms with Gasteiger partial charge < -0.3 is 10.2 Å². The number of benzene rings is 3. The van der Waals surface area contributed by atoms with Gasteiger partial charge in [-0.15, -0.1) is 4.40 Å². The number of sulfonamides is 1. The quantitative estimate of drug-likeness (QED) is 0.610. The summed E-state index contributed by atoms with van der Waals surface area (Å²) >= 11 is 0. The van der Waals surface area contributed by atoms with E-state index in [-0.39, 0.29) is 22.8 Å². The van der Waals surface area contributed by atoms with Gasteiger partial charge in [0.2, 0.25) is 5.91 Å². The number of carbonyl (C=O) groups excluding carboxylic acids is 1. The molecule has 0 bridgehead atoms. The number of hydrogen-bond acceptors (Lipinski definition) is 4. The molecule has 1 amide bonds. The Kier molecular flexibility index (Phi) is 5.96. The van der Waals surface area contributed by atoms with E-state index in [2.05, 4.69) is 46.1 Å². The zero-order valence-corrected chi connectivity index (χ0v) is 19.8. The SMILES string of the molecule is CC(NC(=O)C1CCN(C2=NS(=O)(=O)c3ccccc32)CC1)c1ccc(-c2ccccc2)cc1. The molecule has 1 atom stereocenters. The van der Waals surface area contributed by atoms with Gasteiger partial charge in [-0.2, -0.15) is 8.42 Å². The lowest BCUT2D eigenvalue weighted by atomic mass is 9.94. The molecule has 7 heteroatoms. The van der Waals surface area contributed by atoms with Crippen LogP contribution in [0.2, 0.25) is 0 Å². The van der Waals surface area contributed by atoms with Crippen molar-refractivity contribution in [3.05, 3.63) is 90.0 Å². The van der Waals surface area contributed by atoms with E-state index in [0.29, 0.717) is 37.3 Å². The van der Waals surface area contributed by atoms with Crippen molar-refractivity contribution in [2.45, 2.75) is 30.7 Å². The third-order valence-corrected chi connectivity index (χ3v) is 7.98. The molecular weight excluding hydrogens is 446 g/mol. The molecule has 1 saturated heterocycles. The molecule has 0 aliphatic carbocycles. The fourth-order valence-electron chi connectivity index (χ4n) is 4.68. The number of likely N-dealkylation sites (tertiary alicyclic amines) is 1. The molecule has 1 N–H and O–H groups in total. The van der Waals surface area contributed by atoms with Crippen LogP contribution in [0.15, 0.2) is 88.2 Å². The number of amides is 1. The molecule has 174 valence electrons. The summed E-state index contributed by atoms with van der Waals surface area (Å²) in [6.07, 6.45) is 1.32. The Bertz CT molecular complexity index is 1330. The molecule has 1 unspecified atom stereocenters. The first-order valence-electron chi connectivity index (χ1n) is 11.6. The van der Waals surface area contributed by atoms with Crippen molar-refractivity contribution in [2.75, 3.05) is 13.1 Å². The van der Waals surface area contributed by atoms with Gasteiger partial charge in [-0.3, -0.25) is 4.79 Å². The highest BCUT2D eigenvalue weighted by molar-refractivity contribution is 7.90. The topological polar surface area (TPSA) is 78.8 Å². The second kappa shape index (κ2) is 9.06. The second-order valence-corrected chi connectivity index (χ2v) is 10.4. The molecule has 0 aromatic heterocycles. The van der Waals surface area contributed by atoms with Gasteiger partial charge >= 0.3 is 0 Å². The predicted octanol–water partition coefficient (Wildman–Crippen LogP) is 4.39. The standard InChI is InChI=1S/C27H27N3O3S/c1-19(20-11-13-22(14-12-20)21-7-3-2-4-8-21)28-27(31)23-15-17-30(18-16-23)26-24-9-5-6-10-25(24)34(32,33)29-26/h2-14,19,23H,15-18H2,1H3,(H,28,31). The molecular formula is C27H27N3O3S. The minimum Gasteiger partial charge on any atom is -0.355 e. The first kappa shape index (κ1) is 22.3. The van der Waals surface area contributed by atoms with Crippen LogP contribution in [0.25, 0.3) is 11.1 Å². The molecule has 0 saturated carbocycles. The fraction of sp³-hybridized carbons (Fsp3) is 0.259. The smallest absolute Gasteiger partial charge is 0.285 e. The number of rotatable bonds is 4. The molecule has 3 aromatic rings. The number of fused-ring (bicyclic) bond motifs is 1. The van der Waals surface area contributed by atoms with Crippen LogP contribution >= 0.6 is 0 Å². The summed E-state index contributed by atoms with van der Waals surface area (Å²) in [6, 6.07) is 25.3. The summed E-state index contributed by atoms with van der Waals surface area (Å²) in [5, 5.41) is 3.15. The number of carbonyl (C=O) groups is 1. The van der Waals surface area contributed by atoms with Crippen LogP contribution in [0.3, 0.4) is 0 Å². The molecule has 2 aliphatic rings. The van der Waals surface area contributed by atoms with Crippen LogP contribution in [0.4, 0.5) is 0 Å². The lowest BCUT2D eigenvalue weighted by molar-refractivity contribution is -0.126. The van der Waals surface area contributed by atoms with E-state index in [0.717, 1.165) is 11.1 Å². The molecule has 2 heterocycles. The predicted molar refractivity (Wildman–Crippen MR) is 133 cm³/mol. The Hall–Kier alpha value is -3.45. The molecule has 5 rings (SSSR count). The van der Waals surface area contributed by atoms with Crippen molar-refractivity contribution in [2.24, 2.45) is 10.3 Å². The minimum absolute atomic E-state index is 0.0423. The molecule has 0 spiro atoms. The van der Waals surface area contributed by atoms with Crippen molar-refractivity contribution in [3.8, 4) is 11.1 Å². The maximum absolute atomic E-state index is 12.9. The highest BCUT2D eigenvalue weighted by Crippen LogP contribution is 2.30. The van der Waals surface area contributed by atoms with E-state index in [1.54, 1.807) is 18.2 Å². The normalized spacial score (nSPS) is 18.1. The lowest BCUT2D eigenvalue weighted by Crippen LogP contribution is -2.43. The molecule has 1 fully saturated rings. The average molecular weight is 474 g/mol. The number of nitrogens with zero attached hydrogens (tertiary/aromatic N) is 2. The van der Waals surface area contributed by atoms with Gasteiger partial charge in [-0.1, -0.05) is 66.7 Å². The van der Waals surface area contributed by atoms with Gasteiger partial charge in [-0.05, 0) is 48.6 Å². The van der Waals surface area contributed by atoms with Crippen molar-refractivity contribution in [1.29, 1.82) is 0 Å². The van der Waals surface area contributed by atoms with Gasteiger partial charge in [0.05, 0.1) is 6.04 Å². The van der Waals surface area contributed by atoms with Crippen LogP contribution in [-0.2, 0) is 14.8 Å². The molecule has 6 nitrogen and oxygen atoms in total. The number of piperidine rings is 1. The maximum atomic E-state index is 12.9. The van der Waals surface area contributed by atoms with E-state index >= 15 is 0 Å². The second-order valence-electron chi connectivity index (χ2n) is 8.87. The Labute approximate surface area is 200 Å². The summed E-state index contributed by atoms with van der Waals surface area (Å²) < 4.78 is 28.7. The van der Waals surface area contributed by atoms with Crippen molar-refractivity contribution >= 4 is 21.8 Å². The van der Waals surface area contributed by atoms with Crippen molar-refractivity contribution in [1.82, 2.24) is 10.2 Å². The van der Waals surface area contributed by atoms with E-state index < -0.39 is 10.0 Å². The van der Waals surface area contributed by atoms with Crippen molar-refractivity contribution < 1.29 is 13.2 Å². The Morgan fingerprint density at radius 2 is 1.53 bits per heavy atom. The summed E-state index contributed by atoms with van der Waals surface area (Å²) in [7, 11) is -3.63. The highest BCUT2D eigenvalue weighted by Gasteiger charge is 2.34. The van der Waals surface area contributed by atoms with Gasteiger partial charge in [0.15, 0.2) is 5.84 Å². The number of nitrogens with one attached hydrogen (secondary N) is 1. The van der Waals surface area contributed by atoms with E-state index in [9.17, 15) is 13.2 Å². The van der Waals surface area contributed by atoms with Gasteiger partial charge in [0.25, 0.3) is 10.0 Å². The number of hydrogen-bond donors (Lipinski definition) is 1. The van der Waals surface area contributed by atoms with Gasteiger partial charge in [-0.25, -0.2) is 0 Å². The molecule has 2 aliphatic heterocycles. The van der Waals surface area contributed by atoms with Gasteiger partial charge in [0.1, 0.15) is 4.90 Å². The number of amidine groups is 1. The van der Waals surface area contributed by atoms with Crippen LogP contribution in [-0.4, -0.2) is 38.2 Å². The molecule has 34 heavy (non-hydrogen) atoms. The first-order valence-corrected chi connectivity index (χ1v) is 13.0. The highest BCUT2D eigenvalue weighted by atomic mass is 32.2. The van der Waals surface area contributed by atoms with Gasteiger partial charge in [0, 0.05) is 24.6 Å². The summed E-state index contributed by atoms with van der Waals surface area (Å²) in [5.74, 6) is 0.443. The van der Waals surface area contributed by atoms with Crippen LogP contribution in [0.1, 0.15) is 36.9 Å². The molecule has 3 aromatic carbocycles. The third-order valence-electron chi connectivity index (χ3n) is 6.65. The summed E-state index contributed by atoms with van der Waals surface area (Å²) in [5.41, 5.74) is 4.03. The van der Waals surface area contributed by atoms with E-state index in [4.69, 9.17) is 0 Å². The monoisotopic (exact) mass is 473 g/mol. The van der Waals surface area contributed by atoms with E-state index in [1.807, 2.05) is 36.1 Å². The first-order chi connectivity index (χ1) is 16.4. The van der Waals surface area contributed by atoms with E-state index in [1.165, 1.54) is 5.56 Å². The zero-order chi connectivity index (χ0) is 23.7. The van der Waals surface area contributed by atoms with Crippen LogP contribution in [0, 0.1) is 5.92 Å². The fourth-order valence-corrected chi connectivity index (χ4v) is 5.91. The maximum Gasteiger partial charge on any atom is 0.285 e. The Balaban J connectivity index is 1.19. The Morgan fingerprint density at radius 1 is 0.912 bits per heavy atom. The van der Waals surface area contributed by atoms with Crippen LogP contribution in [0.5, 0.6) is 0 Å². The molecule has 0 radical (unpaired) electrons. The van der Waals surface area contributed by atoms with Crippen molar-refractivity contribution in [3.63, 3.8) is 0 Å². The van der Waals surface area contributed by atoms with Crippen LogP contribution < -0.4 is 5.32 Å².